The lowest BCUT2D eigenvalue weighted by molar-refractivity contribution is -0.208. The minimum atomic E-state index is -5.43. The first-order chi connectivity index (χ1) is 21.5. The van der Waals surface area contributed by atoms with E-state index < -0.39 is 23.0 Å². The Bertz CT molecular complexity index is 1510. The van der Waals surface area contributed by atoms with Gasteiger partial charge in [0.2, 0.25) is 0 Å². The van der Waals surface area contributed by atoms with E-state index >= 15 is 0 Å². The molecule has 0 spiro atoms. The first-order valence-electron chi connectivity index (χ1n) is 14.8. The largest absolute Gasteiger partial charge is 0.491 e. The van der Waals surface area contributed by atoms with Crippen LogP contribution in [0.15, 0.2) is 35.4 Å². The van der Waals surface area contributed by atoms with E-state index in [1.165, 1.54) is 24.3 Å². The number of hydrogen-bond acceptors (Lipinski definition) is 10. The number of alkyl halides is 3. The third-order valence-electron chi connectivity index (χ3n) is 8.61. The van der Waals surface area contributed by atoms with Crippen LogP contribution in [0, 0.1) is 28.6 Å². The third-order valence-corrected chi connectivity index (χ3v) is 9.90. The Balaban J connectivity index is 1.52. The molecule has 2 N–H and O–H groups in total. The number of rotatable bonds is 9. The Labute approximate surface area is 263 Å². The molecule has 1 aliphatic carbocycles. The number of benzene rings is 1. The van der Waals surface area contributed by atoms with Gasteiger partial charge in [0, 0.05) is 51.4 Å². The lowest BCUT2D eigenvalue weighted by Gasteiger charge is -2.38. The number of pyridine rings is 1. The number of amides is 1. The Morgan fingerprint density at radius 2 is 1.62 bits per heavy atom. The van der Waals surface area contributed by atoms with E-state index in [2.05, 4.69) is 34.0 Å². The summed E-state index contributed by atoms with van der Waals surface area (Å²) in [5.41, 5.74) is 6.21. The van der Waals surface area contributed by atoms with E-state index in [4.69, 9.17) is 10.5 Å². The molecule has 14 heteroatoms. The van der Waals surface area contributed by atoms with Crippen LogP contribution in [-0.2, 0) is 19.3 Å². The number of likely N-dealkylation sites (N-methyl/N-ethyl adjacent to an activating group) is 1. The van der Waals surface area contributed by atoms with Crippen molar-refractivity contribution in [2.75, 3.05) is 57.8 Å². The number of nitrogens with two attached hydrogens (primary N) is 1. The van der Waals surface area contributed by atoms with Crippen LogP contribution in [0.4, 0.5) is 19.0 Å². The lowest BCUT2D eigenvalue weighted by atomic mass is 9.94. The zero-order chi connectivity index (χ0) is 32.4. The second-order valence-corrected chi connectivity index (χ2v) is 12.9. The summed E-state index contributed by atoms with van der Waals surface area (Å²) in [5, 5.41) is 20.5. The molecule has 238 valence electrons. The molecule has 0 radical (unpaired) electrons. The summed E-state index contributed by atoms with van der Waals surface area (Å²) in [6.45, 7) is 6.23. The molecule has 0 bridgehead atoms. The fourth-order valence-corrected chi connectivity index (χ4v) is 7.09. The Morgan fingerprint density at radius 3 is 2.16 bits per heavy atom. The summed E-state index contributed by atoms with van der Waals surface area (Å²) in [7, 11) is 2.11. The van der Waals surface area contributed by atoms with E-state index in [1.807, 2.05) is 4.90 Å². The summed E-state index contributed by atoms with van der Waals surface area (Å²) in [4.78, 5) is 33.9. The van der Waals surface area contributed by atoms with Gasteiger partial charge in [-0.05, 0) is 61.9 Å². The zero-order valence-electron chi connectivity index (χ0n) is 24.8. The van der Waals surface area contributed by atoms with Gasteiger partial charge in [-0.2, -0.15) is 23.7 Å². The third kappa shape index (κ3) is 7.03. The molecule has 1 aromatic carbocycles. The maximum atomic E-state index is 13.5. The molecule has 1 unspecified atom stereocenters. The first-order valence-corrected chi connectivity index (χ1v) is 15.7. The highest BCUT2D eigenvalue weighted by molar-refractivity contribution is 8.00. The average molecular weight is 642 g/mol. The summed E-state index contributed by atoms with van der Waals surface area (Å²) in [5.74, 6) is -3.37. The van der Waals surface area contributed by atoms with Crippen LogP contribution in [-0.4, -0.2) is 85.7 Å². The molecule has 5 rings (SSSR count). The number of thioether (sulfide) groups is 1. The van der Waals surface area contributed by atoms with E-state index in [-0.39, 0.29) is 27.6 Å². The van der Waals surface area contributed by atoms with Crippen LogP contribution in [0.2, 0.25) is 0 Å². The van der Waals surface area contributed by atoms with Crippen molar-refractivity contribution in [3.63, 3.8) is 0 Å². The van der Waals surface area contributed by atoms with Crippen LogP contribution in [0.1, 0.15) is 53.9 Å². The van der Waals surface area contributed by atoms with Gasteiger partial charge in [-0.1, -0.05) is 30.3 Å². The second-order valence-electron chi connectivity index (χ2n) is 11.8. The first kappa shape index (κ1) is 32.5. The second kappa shape index (κ2) is 13.3. The Hall–Kier alpha value is -3.85. The number of piperidine rings is 1. The standard InChI is InChI=1S/C31H34F3N7O3S/c1-39-13-15-40(16-14-39)19-20-9-11-41(12-10-20)26-23(17-35)25(21-7-8-21)24(18-36)27(38-26)45-30(28(37)42,22-5-3-2-4-6-22)44-29(43)31(32,33)34/h2-6,20-21H,7-16,19H2,1H3,(H2,37,42). The molecule has 1 atom stereocenters. The molecule has 3 aliphatic rings. The number of esters is 1. The van der Waals surface area contributed by atoms with E-state index in [0.717, 1.165) is 45.6 Å². The molecule has 1 saturated carbocycles. The number of hydrogen-bond donors (Lipinski definition) is 1. The number of carbonyl (C=O) groups excluding carboxylic acids is 2. The highest BCUT2D eigenvalue weighted by atomic mass is 32.2. The van der Waals surface area contributed by atoms with E-state index in [9.17, 15) is 33.3 Å². The molecule has 2 aromatic rings. The number of nitrogens with zero attached hydrogens (tertiary/aromatic N) is 6. The number of halogens is 3. The van der Waals surface area contributed by atoms with Gasteiger partial charge in [-0.3, -0.25) is 4.79 Å². The predicted molar refractivity (Wildman–Crippen MR) is 160 cm³/mol. The number of nitriles is 2. The number of primary amides is 1. The van der Waals surface area contributed by atoms with Crippen molar-refractivity contribution in [1.82, 2.24) is 14.8 Å². The van der Waals surface area contributed by atoms with Gasteiger partial charge in [0.15, 0.2) is 0 Å². The van der Waals surface area contributed by atoms with Gasteiger partial charge in [0.05, 0.1) is 11.1 Å². The molecule has 45 heavy (non-hydrogen) atoms. The predicted octanol–water partition coefficient (Wildman–Crippen LogP) is 3.70. The van der Waals surface area contributed by atoms with E-state index in [1.54, 1.807) is 6.07 Å². The van der Waals surface area contributed by atoms with Crippen LogP contribution in [0.25, 0.3) is 0 Å². The van der Waals surface area contributed by atoms with Crippen molar-refractivity contribution < 1.29 is 27.5 Å². The van der Waals surface area contributed by atoms with Crippen molar-refractivity contribution in [3.8, 4) is 12.1 Å². The minimum absolute atomic E-state index is 0.0441. The number of carbonyl (C=O) groups is 2. The summed E-state index contributed by atoms with van der Waals surface area (Å²) in [6, 6.07) is 11.4. The van der Waals surface area contributed by atoms with E-state index in [0.29, 0.717) is 55.0 Å². The normalized spacial score (nSPS) is 19.7. The van der Waals surface area contributed by atoms with Gasteiger partial charge >= 0.3 is 12.1 Å². The van der Waals surface area contributed by atoms with Crippen molar-refractivity contribution in [2.45, 2.75) is 47.7 Å². The van der Waals surface area contributed by atoms with Crippen LogP contribution >= 0.6 is 11.8 Å². The number of anilines is 1. The van der Waals surface area contributed by atoms with Gasteiger partial charge in [-0.15, -0.1) is 0 Å². The lowest BCUT2D eigenvalue weighted by Crippen LogP contribution is -2.47. The van der Waals surface area contributed by atoms with Crippen LogP contribution < -0.4 is 10.6 Å². The number of aromatic nitrogens is 1. The fraction of sp³-hybridized carbons (Fsp3) is 0.516. The van der Waals surface area contributed by atoms with Gasteiger partial charge in [0.1, 0.15) is 23.0 Å². The summed E-state index contributed by atoms with van der Waals surface area (Å²) < 4.78 is 45.3. The monoisotopic (exact) mass is 641 g/mol. The molecule has 2 saturated heterocycles. The number of piperazine rings is 1. The average Bonchev–Trinajstić information content (AvgIpc) is 3.87. The molecule has 1 aromatic heterocycles. The van der Waals surface area contributed by atoms with Gasteiger partial charge in [-0.25, -0.2) is 9.78 Å². The SMILES string of the molecule is CN1CCN(CC2CCN(c3nc(SC(OC(=O)C(F)(F)F)(C(N)=O)c4ccccc4)c(C#N)c(C4CC4)c3C#N)CC2)CC1. The van der Waals surface area contributed by atoms with Crippen molar-refractivity contribution >= 4 is 29.5 Å². The maximum Gasteiger partial charge on any atom is 0.491 e. The Morgan fingerprint density at radius 1 is 1.00 bits per heavy atom. The van der Waals surface area contributed by atoms with Gasteiger partial charge < -0.3 is 25.2 Å². The Kier molecular flexibility index (Phi) is 9.58. The highest BCUT2D eigenvalue weighted by Gasteiger charge is 2.52. The summed E-state index contributed by atoms with van der Waals surface area (Å²) >= 11 is 0.376. The molecule has 3 fully saturated rings. The summed E-state index contributed by atoms with van der Waals surface area (Å²) in [6.07, 6.45) is -2.30. The van der Waals surface area contributed by atoms with Crippen molar-refractivity contribution in [2.24, 2.45) is 11.7 Å². The molecular weight excluding hydrogens is 607 g/mol. The topological polar surface area (TPSA) is 140 Å². The maximum absolute atomic E-state index is 13.5. The van der Waals surface area contributed by atoms with Crippen LogP contribution in [0.3, 0.4) is 0 Å². The molecule has 10 nitrogen and oxygen atoms in total. The fourth-order valence-electron chi connectivity index (χ4n) is 5.96. The van der Waals surface area contributed by atoms with Crippen LogP contribution in [0.5, 0.6) is 0 Å². The molecule has 1 amide bonds. The minimum Gasteiger partial charge on any atom is -0.427 e. The number of ether oxygens (including phenoxy) is 1. The van der Waals surface area contributed by atoms with Crippen molar-refractivity contribution in [1.29, 1.82) is 10.5 Å². The molecule has 2 aliphatic heterocycles. The quantitative estimate of drug-likeness (QED) is 0.245. The molecule has 3 heterocycles. The zero-order valence-corrected chi connectivity index (χ0v) is 25.7. The highest BCUT2D eigenvalue weighted by Crippen LogP contribution is 2.50. The van der Waals surface area contributed by atoms with Gasteiger partial charge in [0.25, 0.3) is 10.8 Å². The molecular formula is C31H34F3N7O3S. The smallest absolute Gasteiger partial charge is 0.427 e. The van der Waals surface area contributed by atoms with Crippen molar-refractivity contribution in [3.05, 3.63) is 52.6 Å².